The van der Waals surface area contributed by atoms with Crippen molar-refractivity contribution in [3.63, 3.8) is 0 Å². The van der Waals surface area contributed by atoms with Crippen LogP contribution in [-0.4, -0.2) is 14.9 Å². The maximum absolute atomic E-state index is 5.78. The van der Waals surface area contributed by atoms with E-state index in [0.717, 1.165) is 13.0 Å². The van der Waals surface area contributed by atoms with Gasteiger partial charge in [0.05, 0.1) is 0 Å². The highest BCUT2D eigenvalue weighted by molar-refractivity contribution is 6.69. The van der Waals surface area contributed by atoms with Crippen molar-refractivity contribution in [2.45, 2.75) is 38.9 Å². The minimum absolute atomic E-state index is 0.931. The van der Waals surface area contributed by atoms with Gasteiger partial charge in [0.1, 0.15) is 0 Å². The van der Waals surface area contributed by atoms with Crippen LogP contribution in [0.5, 0.6) is 0 Å². The van der Waals surface area contributed by atoms with Crippen LogP contribution < -0.4 is 0 Å². The normalized spacial score (nSPS) is 16.4. The lowest BCUT2D eigenvalue weighted by Crippen LogP contribution is -2.25. The Hall–Kier alpha value is -0.343. The van der Waals surface area contributed by atoms with Crippen molar-refractivity contribution in [1.29, 1.82) is 0 Å². The minimum Gasteiger partial charge on any atom is -0.418 e. The molecule has 0 aliphatic heterocycles. The highest BCUT2D eigenvalue weighted by atomic mass is 28.4. The number of rotatable bonds is 5. The summed E-state index contributed by atoms with van der Waals surface area (Å²) in [4.78, 5) is 0. The molecule has 0 aromatic carbocycles. The predicted octanol–water partition coefficient (Wildman–Crippen LogP) is 3.50. The molecule has 1 aliphatic carbocycles. The Bertz CT molecular complexity index is 211. The quantitative estimate of drug-likeness (QED) is 0.483. The summed E-state index contributed by atoms with van der Waals surface area (Å²) in [7, 11) is -1.27. The zero-order chi connectivity index (χ0) is 9.73. The summed E-state index contributed by atoms with van der Waals surface area (Å²) >= 11 is 0. The van der Waals surface area contributed by atoms with Gasteiger partial charge in [0.15, 0.2) is 8.32 Å². The van der Waals surface area contributed by atoms with Crippen molar-refractivity contribution in [3.05, 3.63) is 23.8 Å². The smallest absolute Gasteiger partial charge is 0.183 e. The van der Waals surface area contributed by atoms with Gasteiger partial charge in [0.25, 0.3) is 0 Å². The van der Waals surface area contributed by atoms with E-state index in [9.17, 15) is 0 Å². The summed E-state index contributed by atoms with van der Waals surface area (Å²) in [6.07, 6.45) is 10.2. The van der Waals surface area contributed by atoms with Crippen molar-refractivity contribution < 1.29 is 4.43 Å². The first kappa shape index (κ1) is 10.7. The van der Waals surface area contributed by atoms with Gasteiger partial charge in [-0.3, -0.25) is 0 Å². The van der Waals surface area contributed by atoms with Crippen LogP contribution in [0.1, 0.15) is 19.3 Å². The first-order chi connectivity index (χ1) is 6.08. The van der Waals surface area contributed by atoms with E-state index in [1.807, 2.05) is 0 Å². The maximum atomic E-state index is 5.78. The van der Waals surface area contributed by atoms with E-state index in [4.69, 9.17) is 4.43 Å². The van der Waals surface area contributed by atoms with Crippen molar-refractivity contribution in [1.82, 2.24) is 0 Å². The fourth-order valence-electron chi connectivity index (χ4n) is 1.35. The molecule has 0 fully saturated rings. The standard InChI is InChI=1S/C11H20OSi/c1-13(2,3)12-10-6-9-11-7-4-5-8-11/h4,7-8H,5-6,9-10H2,1-3H3. The summed E-state index contributed by atoms with van der Waals surface area (Å²) in [6.45, 7) is 7.64. The van der Waals surface area contributed by atoms with Gasteiger partial charge in [-0.05, 0) is 38.9 Å². The van der Waals surface area contributed by atoms with Crippen LogP contribution >= 0.6 is 0 Å². The van der Waals surface area contributed by atoms with Crippen LogP contribution in [0.4, 0.5) is 0 Å². The van der Waals surface area contributed by atoms with E-state index in [1.54, 1.807) is 0 Å². The molecule has 0 N–H and O–H groups in total. The molecular formula is C11H20OSi. The van der Waals surface area contributed by atoms with Gasteiger partial charge in [-0.2, -0.15) is 0 Å². The largest absolute Gasteiger partial charge is 0.418 e. The molecule has 0 saturated heterocycles. The van der Waals surface area contributed by atoms with Crippen molar-refractivity contribution in [2.24, 2.45) is 0 Å². The molecule has 0 amide bonds. The van der Waals surface area contributed by atoms with E-state index >= 15 is 0 Å². The summed E-state index contributed by atoms with van der Waals surface area (Å²) < 4.78 is 5.78. The van der Waals surface area contributed by atoms with E-state index in [0.29, 0.717) is 0 Å². The van der Waals surface area contributed by atoms with Crippen LogP contribution in [0, 0.1) is 0 Å². The molecule has 13 heavy (non-hydrogen) atoms. The van der Waals surface area contributed by atoms with Crippen LogP contribution in [0.25, 0.3) is 0 Å². The first-order valence-electron chi connectivity index (χ1n) is 5.07. The molecule has 74 valence electrons. The lowest BCUT2D eigenvalue weighted by Gasteiger charge is -2.16. The molecule has 1 nitrogen and oxygen atoms in total. The van der Waals surface area contributed by atoms with Gasteiger partial charge in [0.2, 0.25) is 0 Å². The topological polar surface area (TPSA) is 9.23 Å². The zero-order valence-corrected chi connectivity index (χ0v) is 9.97. The lowest BCUT2D eigenvalue weighted by molar-refractivity contribution is 0.305. The van der Waals surface area contributed by atoms with Crippen LogP contribution in [-0.2, 0) is 4.43 Å². The molecule has 0 saturated carbocycles. The van der Waals surface area contributed by atoms with Crippen LogP contribution in [0.15, 0.2) is 23.8 Å². The Balaban J connectivity index is 2.04. The Morgan fingerprint density at radius 1 is 1.38 bits per heavy atom. The van der Waals surface area contributed by atoms with E-state index < -0.39 is 8.32 Å². The van der Waals surface area contributed by atoms with Crippen LogP contribution in [0.2, 0.25) is 19.6 Å². The molecule has 0 heterocycles. The molecule has 0 atom stereocenters. The van der Waals surface area contributed by atoms with Gasteiger partial charge in [0, 0.05) is 6.61 Å². The summed E-state index contributed by atoms with van der Waals surface area (Å²) in [5, 5.41) is 0. The third-order valence-corrected chi connectivity index (χ3v) is 3.06. The van der Waals surface area contributed by atoms with E-state index in [1.165, 1.54) is 18.4 Å². The van der Waals surface area contributed by atoms with Gasteiger partial charge < -0.3 is 4.43 Å². The molecule has 0 aromatic heterocycles. The Kier molecular flexibility index (Phi) is 3.94. The first-order valence-corrected chi connectivity index (χ1v) is 8.48. The second-order valence-corrected chi connectivity index (χ2v) is 8.99. The molecule has 1 aliphatic rings. The molecular weight excluding hydrogens is 176 g/mol. The summed E-state index contributed by atoms with van der Waals surface area (Å²) in [5.74, 6) is 0. The highest BCUT2D eigenvalue weighted by Gasteiger charge is 2.13. The van der Waals surface area contributed by atoms with Gasteiger partial charge in [-0.15, -0.1) is 0 Å². The molecule has 2 heteroatoms. The second-order valence-electron chi connectivity index (χ2n) is 4.48. The third-order valence-electron chi connectivity index (χ3n) is 1.99. The minimum atomic E-state index is -1.27. The zero-order valence-electron chi connectivity index (χ0n) is 8.97. The molecule has 0 bridgehead atoms. The number of hydrogen-bond donors (Lipinski definition) is 0. The summed E-state index contributed by atoms with van der Waals surface area (Å²) in [6, 6.07) is 0. The highest BCUT2D eigenvalue weighted by Crippen LogP contribution is 2.15. The Labute approximate surface area is 82.6 Å². The van der Waals surface area contributed by atoms with Crippen molar-refractivity contribution in [2.75, 3.05) is 6.61 Å². The number of allylic oxidation sites excluding steroid dienone is 4. The van der Waals surface area contributed by atoms with Gasteiger partial charge in [-0.1, -0.05) is 23.8 Å². The predicted molar refractivity (Wildman–Crippen MR) is 60.4 cm³/mol. The van der Waals surface area contributed by atoms with Gasteiger partial charge in [-0.25, -0.2) is 0 Å². The maximum Gasteiger partial charge on any atom is 0.183 e. The Morgan fingerprint density at radius 3 is 2.69 bits per heavy atom. The third kappa shape index (κ3) is 5.06. The second kappa shape index (κ2) is 4.77. The van der Waals surface area contributed by atoms with Gasteiger partial charge >= 0.3 is 0 Å². The number of hydrogen-bond acceptors (Lipinski definition) is 1. The molecule has 0 spiro atoms. The monoisotopic (exact) mass is 196 g/mol. The fraction of sp³-hybridized carbons (Fsp3) is 0.636. The Morgan fingerprint density at radius 2 is 2.15 bits per heavy atom. The van der Waals surface area contributed by atoms with Crippen molar-refractivity contribution >= 4 is 8.32 Å². The summed E-state index contributed by atoms with van der Waals surface area (Å²) in [5.41, 5.74) is 1.49. The van der Waals surface area contributed by atoms with E-state index in [2.05, 4.69) is 37.9 Å². The average molecular weight is 196 g/mol. The molecule has 1 rings (SSSR count). The SMILES string of the molecule is C[Si](C)(C)OCCCC1=CCC=C1. The molecule has 0 radical (unpaired) electrons. The lowest BCUT2D eigenvalue weighted by atomic mass is 10.2. The average Bonchev–Trinajstić information content (AvgIpc) is 2.48. The molecule has 0 unspecified atom stereocenters. The fourth-order valence-corrected chi connectivity index (χ4v) is 2.10. The van der Waals surface area contributed by atoms with Crippen molar-refractivity contribution in [3.8, 4) is 0 Å². The molecule has 0 aromatic rings. The van der Waals surface area contributed by atoms with E-state index in [-0.39, 0.29) is 0 Å². The van der Waals surface area contributed by atoms with Crippen LogP contribution in [0.3, 0.4) is 0 Å².